The minimum Gasteiger partial charge on any atom is -0.334 e. The van der Waals surface area contributed by atoms with E-state index in [1.165, 1.54) is 33.6 Å². The fraction of sp³-hybridized carbons (Fsp3) is 0.176. The zero-order chi connectivity index (χ0) is 17.7. The summed E-state index contributed by atoms with van der Waals surface area (Å²) in [6, 6.07) is 5.13. The summed E-state index contributed by atoms with van der Waals surface area (Å²) in [5, 5.41) is 1.94. The molecule has 0 radical (unpaired) electrons. The van der Waals surface area contributed by atoms with Crippen molar-refractivity contribution in [2.24, 2.45) is 0 Å². The Morgan fingerprint density at radius 3 is 2.84 bits per heavy atom. The molecule has 4 nitrogen and oxygen atoms in total. The lowest BCUT2D eigenvalue weighted by Crippen LogP contribution is -2.29. The first-order chi connectivity index (χ1) is 12.0. The molecule has 4 aromatic rings. The number of thiazole rings is 1. The average molecular weight is 377 g/mol. The predicted octanol–water partition coefficient (Wildman–Crippen LogP) is 4.72. The lowest BCUT2D eigenvalue weighted by atomic mass is 10.1. The molecule has 1 amide bonds. The minimum atomic E-state index is -0.916. The Labute approximate surface area is 150 Å². The van der Waals surface area contributed by atoms with Crippen LogP contribution in [0.15, 0.2) is 35.8 Å². The quantitative estimate of drug-likeness (QED) is 0.518. The molecule has 128 valence electrons. The average Bonchev–Trinajstić information content (AvgIpc) is 3.27. The maximum atomic E-state index is 13.5. The minimum absolute atomic E-state index is 0.177. The third-order valence-corrected chi connectivity index (χ3v) is 6.04. The summed E-state index contributed by atoms with van der Waals surface area (Å²) in [6.07, 6.45) is 1.92. The Kier molecular flexibility index (Phi) is 3.81. The molecule has 8 heteroatoms. The molecule has 0 N–H and O–H groups in total. The predicted molar refractivity (Wildman–Crippen MR) is 95.3 cm³/mol. The van der Waals surface area contributed by atoms with E-state index in [1.807, 2.05) is 22.0 Å². The number of fused-ring (bicyclic) bond motifs is 3. The van der Waals surface area contributed by atoms with Gasteiger partial charge in [0.05, 0.1) is 16.4 Å². The molecule has 3 aromatic heterocycles. The Morgan fingerprint density at radius 2 is 2.08 bits per heavy atom. The van der Waals surface area contributed by atoms with Gasteiger partial charge in [-0.05, 0) is 30.7 Å². The van der Waals surface area contributed by atoms with Gasteiger partial charge in [0.15, 0.2) is 16.6 Å². The second-order valence-electron chi connectivity index (χ2n) is 5.73. The summed E-state index contributed by atoms with van der Waals surface area (Å²) < 4.78 is 28.5. The largest absolute Gasteiger partial charge is 0.334 e. The first kappa shape index (κ1) is 16.2. The summed E-state index contributed by atoms with van der Waals surface area (Å²) in [7, 11) is 1.65. The standard InChI is InChI=1S/C17H13F2N3OS2/c1-9(10-3-4-11(18)12(19)7-10)21(2)16(23)14-8-13-15(25-14)20-17-22(13)5-6-24-17/h3-9H,1-2H3. The van der Waals surface area contributed by atoms with Gasteiger partial charge < -0.3 is 4.90 Å². The molecule has 0 spiro atoms. The third-order valence-electron chi connectivity index (χ3n) is 4.28. The van der Waals surface area contributed by atoms with E-state index in [2.05, 4.69) is 4.98 Å². The fourth-order valence-corrected chi connectivity index (χ4v) is 4.48. The number of aromatic nitrogens is 2. The number of imidazole rings is 1. The van der Waals surface area contributed by atoms with Crippen molar-refractivity contribution in [3.05, 3.63) is 57.9 Å². The highest BCUT2D eigenvalue weighted by Crippen LogP contribution is 2.30. The first-order valence-electron chi connectivity index (χ1n) is 7.53. The normalized spacial score (nSPS) is 12.8. The molecule has 0 aliphatic rings. The van der Waals surface area contributed by atoms with Gasteiger partial charge in [0.1, 0.15) is 4.83 Å². The van der Waals surface area contributed by atoms with Crippen molar-refractivity contribution in [2.45, 2.75) is 13.0 Å². The highest BCUT2D eigenvalue weighted by molar-refractivity contribution is 7.21. The lowest BCUT2D eigenvalue weighted by molar-refractivity contribution is 0.0747. The van der Waals surface area contributed by atoms with Crippen LogP contribution in [-0.4, -0.2) is 27.2 Å². The van der Waals surface area contributed by atoms with Gasteiger partial charge in [0.2, 0.25) is 0 Å². The molecular formula is C17H13F2N3OS2. The van der Waals surface area contributed by atoms with Crippen molar-refractivity contribution in [2.75, 3.05) is 7.05 Å². The molecule has 0 saturated heterocycles. The number of carbonyl (C=O) groups excluding carboxylic acids is 1. The highest BCUT2D eigenvalue weighted by atomic mass is 32.1. The van der Waals surface area contributed by atoms with E-state index < -0.39 is 11.6 Å². The van der Waals surface area contributed by atoms with Crippen molar-refractivity contribution in [1.82, 2.24) is 14.3 Å². The summed E-state index contributed by atoms with van der Waals surface area (Å²) in [6.45, 7) is 1.78. The molecule has 0 aliphatic heterocycles. The van der Waals surface area contributed by atoms with E-state index in [9.17, 15) is 13.6 Å². The van der Waals surface area contributed by atoms with Crippen molar-refractivity contribution >= 4 is 43.9 Å². The molecule has 0 aliphatic carbocycles. The maximum Gasteiger partial charge on any atom is 0.264 e. The number of rotatable bonds is 3. The van der Waals surface area contributed by atoms with E-state index in [4.69, 9.17) is 0 Å². The number of carbonyl (C=O) groups is 1. The van der Waals surface area contributed by atoms with Crippen molar-refractivity contribution in [1.29, 1.82) is 0 Å². The van der Waals surface area contributed by atoms with Crippen LogP contribution in [0.4, 0.5) is 8.78 Å². The van der Waals surface area contributed by atoms with Gasteiger partial charge in [-0.25, -0.2) is 13.8 Å². The monoisotopic (exact) mass is 377 g/mol. The van der Waals surface area contributed by atoms with Gasteiger partial charge in [-0.2, -0.15) is 0 Å². The van der Waals surface area contributed by atoms with E-state index in [1.54, 1.807) is 14.0 Å². The third kappa shape index (κ3) is 2.61. The van der Waals surface area contributed by atoms with Crippen LogP contribution in [0.5, 0.6) is 0 Å². The number of amides is 1. The van der Waals surface area contributed by atoms with Gasteiger partial charge in [0, 0.05) is 18.6 Å². The molecule has 0 saturated carbocycles. The Hall–Kier alpha value is -2.32. The number of halogens is 2. The Bertz CT molecular complexity index is 1100. The van der Waals surface area contributed by atoms with Crippen LogP contribution in [0.3, 0.4) is 0 Å². The van der Waals surface area contributed by atoms with Gasteiger partial charge in [-0.15, -0.1) is 22.7 Å². The zero-order valence-electron chi connectivity index (χ0n) is 13.4. The molecule has 4 rings (SSSR count). The summed E-state index contributed by atoms with van der Waals surface area (Å²) in [4.78, 5) is 21.1. The molecule has 1 atom stereocenters. The maximum absolute atomic E-state index is 13.5. The van der Waals surface area contributed by atoms with Crippen LogP contribution >= 0.6 is 22.7 Å². The van der Waals surface area contributed by atoms with E-state index in [0.717, 1.165) is 27.4 Å². The highest BCUT2D eigenvalue weighted by Gasteiger charge is 2.23. The van der Waals surface area contributed by atoms with E-state index in [0.29, 0.717) is 10.4 Å². The van der Waals surface area contributed by atoms with Crippen LogP contribution < -0.4 is 0 Å². The van der Waals surface area contributed by atoms with Crippen LogP contribution in [0, 0.1) is 11.6 Å². The molecular weight excluding hydrogens is 364 g/mol. The fourth-order valence-electron chi connectivity index (χ4n) is 2.70. The SMILES string of the molecule is CC(c1ccc(F)c(F)c1)N(C)C(=O)c1cc2c(nc3sccn32)s1. The molecule has 1 aromatic carbocycles. The van der Waals surface area contributed by atoms with Crippen LogP contribution in [-0.2, 0) is 0 Å². The summed E-state index contributed by atoms with van der Waals surface area (Å²) in [5.74, 6) is -1.99. The second kappa shape index (κ2) is 5.89. The molecule has 25 heavy (non-hydrogen) atoms. The second-order valence-corrected chi connectivity index (χ2v) is 7.64. The van der Waals surface area contributed by atoms with Crippen LogP contribution in [0.1, 0.15) is 28.2 Å². The molecule has 0 bridgehead atoms. The Morgan fingerprint density at radius 1 is 1.28 bits per heavy atom. The summed E-state index contributed by atoms with van der Waals surface area (Å²) >= 11 is 2.87. The first-order valence-corrected chi connectivity index (χ1v) is 9.22. The van der Waals surface area contributed by atoms with Crippen LogP contribution in [0.25, 0.3) is 15.3 Å². The lowest BCUT2D eigenvalue weighted by Gasteiger charge is -2.25. The number of thiophene rings is 1. The van der Waals surface area contributed by atoms with E-state index >= 15 is 0 Å². The number of nitrogens with zero attached hydrogens (tertiary/aromatic N) is 3. The van der Waals surface area contributed by atoms with Crippen LogP contribution in [0.2, 0.25) is 0 Å². The van der Waals surface area contributed by atoms with Gasteiger partial charge >= 0.3 is 0 Å². The Balaban J connectivity index is 1.64. The van der Waals surface area contributed by atoms with Gasteiger partial charge in [-0.1, -0.05) is 6.07 Å². The molecule has 1 unspecified atom stereocenters. The molecule has 0 fully saturated rings. The van der Waals surface area contributed by atoms with E-state index in [-0.39, 0.29) is 11.9 Å². The topological polar surface area (TPSA) is 37.6 Å². The van der Waals surface area contributed by atoms with Crippen molar-refractivity contribution < 1.29 is 13.6 Å². The number of hydrogen-bond acceptors (Lipinski definition) is 4. The smallest absolute Gasteiger partial charge is 0.264 e. The number of hydrogen-bond donors (Lipinski definition) is 0. The van der Waals surface area contributed by atoms with Crippen molar-refractivity contribution in [3.63, 3.8) is 0 Å². The summed E-state index contributed by atoms with van der Waals surface area (Å²) in [5.41, 5.74) is 1.44. The van der Waals surface area contributed by atoms with Gasteiger partial charge in [-0.3, -0.25) is 9.20 Å². The van der Waals surface area contributed by atoms with Gasteiger partial charge in [0.25, 0.3) is 5.91 Å². The number of benzene rings is 1. The zero-order valence-corrected chi connectivity index (χ0v) is 15.0. The molecule has 3 heterocycles. The van der Waals surface area contributed by atoms with Crippen molar-refractivity contribution in [3.8, 4) is 0 Å².